The third kappa shape index (κ3) is 4.98. The number of nitrogens with one attached hydrogen (secondary N) is 2. The van der Waals surface area contributed by atoms with Crippen LogP contribution in [0.2, 0.25) is 0 Å². The second-order valence-electron chi connectivity index (χ2n) is 9.23. The van der Waals surface area contributed by atoms with Crippen LogP contribution in [-0.4, -0.2) is 33.2 Å². The molecular formula is C28H35N2O3S+. The molecular weight excluding hydrogens is 444 g/mol. The van der Waals surface area contributed by atoms with Crippen LogP contribution in [0.4, 0.5) is 5.00 Å². The highest BCUT2D eigenvalue weighted by molar-refractivity contribution is 7.16. The van der Waals surface area contributed by atoms with Crippen LogP contribution in [-0.2, 0) is 0 Å². The lowest BCUT2D eigenvalue weighted by Gasteiger charge is -2.35. The maximum absolute atomic E-state index is 13.1. The van der Waals surface area contributed by atoms with E-state index in [9.17, 15) is 4.79 Å². The fourth-order valence-electron chi connectivity index (χ4n) is 4.91. The Morgan fingerprint density at radius 1 is 1.03 bits per heavy atom. The highest BCUT2D eigenvalue weighted by Crippen LogP contribution is 2.40. The zero-order valence-electron chi connectivity index (χ0n) is 20.7. The van der Waals surface area contributed by atoms with Crippen molar-refractivity contribution in [3.05, 3.63) is 75.7 Å². The van der Waals surface area contributed by atoms with E-state index in [2.05, 4.69) is 38.2 Å². The fourth-order valence-corrected chi connectivity index (χ4v) is 6.00. The van der Waals surface area contributed by atoms with Crippen molar-refractivity contribution in [1.29, 1.82) is 0 Å². The summed E-state index contributed by atoms with van der Waals surface area (Å²) in [5.41, 5.74) is 4.31. The summed E-state index contributed by atoms with van der Waals surface area (Å²) in [4.78, 5) is 15.9. The zero-order valence-corrected chi connectivity index (χ0v) is 21.6. The lowest BCUT2D eigenvalue weighted by molar-refractivity contribution is -0.931. The summed E-state index contributed by atoms with van der Waals surface area (Å²) in [5.74, 6) is 2.13. The molecule has 0 aliphatic carbocycles. The van der Waals surface area contributed by atoms with Crippen molar-refractivity contribution in [2.75, 3.05) is 32.6 Å². The number of carbonyl (C=O) groups excluding carboxylic acids is 1. The second-order valence-corrected chi connectivity index (χ2v) is 10.5. The number of benzene rings is 2. The molecule has 1 saturated heterocycles. The molecule has 1 atom stereocenters. The predicted octanol–water partition coefficient (Wildman–Crippen LogP) is 5.04. The number of ether oxygens (including phenoxy) is 2. The highest BCUT2D eigenvalue weighted by Gasteiger charge is 2.35. The Hall–Kier alpha value is -2.83. The number of hydrogen-bond donors (Lipinski definition) is 2. The van der Waals surface area contributed by atoms with Gasteiger partial charge in [-0.2, -0.15) is 0 Å². The van der Waals surface area contributed by atoms with Crippen LogP contribution in [0.15, 0.2) is 48.5 Å². The number of carbonyl (C=O) groups is 1. The number of piperidine rings is 1. The Balaban J connectivity index is 1.79. The van der Waals surface area contributed by atoms with E-state index in [1.807, 2.05) is 36.4 Å². The van der Waals surface area contributed by atoms with Crippen molar-refractivity contribution in [1.82, 2.24) is 0 Å². The average Bonchev–Trinajstić information content (AvgIpc) is 3.13. The Labute approximate surface area is 206 Å². The molecule has 0 spiro atoms. The average molecular weight is 480 g/mol. The minimum Gasteiger partial charge on any atom is -0.493 e. The van der Waals surface area contributed by atoms with Gasteiger partial charge in [0.2, 0.25) is 0 Å². The lowest BCUT2D eigenvalue weighted by Crippen LogP contribution is -3.13. The van der Waals surface area contributed by atoms with Crippen LogP contribution < -0.4 is 19.7 Å². The number of aryl methyl sites for hydroxylation is 1. The van der Waals surface area contributed by atoms with Crippen LogP contribution in [0.25, 0.3) is 0 Å². The van der Waals surface area contributed by atoms with E-state index in [1.54, 1.807) is 25.6 Å². The van der Waals surface area contributed by atoms with Gasteiger partial charge in [-0.15, -0.1) is 11.3 Å². The quantitative estimate of drug-likeness (QED) is 0.499. The summed E-state index contributed by atoms with van der Waals surface area (Å²) in [6.07, 6.45) is 2.40. The number of likely N-dealkylation sites (tertiary alicyclic amines) is 1. The van der Waals surface area contributed by atoms with E-state index in [0.29, 0.717) is 5.56 Å². The van der Waals surface area contributed by atoms with Gasteiger partial charge in [-0.05, 0) is 68.5 Å². The minimum absolute atomic E-state index is 0.0728. The first-order chi connectivity index (χ1) is 16.4. The highest BCUT2D eigenvalue weighted by atomic mass is 32.1. The SMILES string of the molecule is COc1ccc([C@@H](c2c(NC(=O)c3ccccc3)sc(C)c2C)[NH+]2CCC(C)CC2)cc1OC. The Bertz CT molecular complexity index is 1130. The number of hydrogen-bond acceptors (Lipinski definition) is 4. The van der Waals surface area contributed by atoms with Crippen LogP contribution in [0, 0.1) is 19.8 Å². The van der Waals surface area contributed by atoms with Gasteiger partial charge in [-0.25, -0.2) is 0 Å². The molecule has 2 aromatic carbocycles. The number of rotatable bonds is 7. The van der Waals surface area contributed by atoms with Crippen LogP contribution in [0.5, 0.6) is 11.5 Å². The van der Waals surface area contributed by atoms with E-state index in [0.717, 1.165) is 35.5 Å². The number of anilines is 1. The van der Waals surface area contributed by atoms with Gasteiger partial charge in [0.15, 0.2) is 11.5 Å². The topological polar surface area (TPSA) is 52.0 Å². The number of quaternary nitrogens is 1. The van der Waals surface area contributed by atoms with Crippen molar-refractivity contribution in [2.45, 2.75) is 39.7 Å². The van der Waals surface area contributed by atoms with E-state index in [-0.39, 0.29) is 11.9 Å². The Kier molecular flexibility index (Phi) is 7.59. The van der Waals surface area contributed by atoms with Crippen LogP contribution in [0.3, 0.4) is 0 Å². The lowest BCUT2D eigenvalue weighted by atomic mass is 9.90. The van der Waals surface area contributed by atoms with Gasteiger partial charge < -0.3 is 19.7 Å². The molecule has 1 aliphatic heterocycles. The molecule has 4 rings (SSSR count). The van der Waals surface area contributed by atoms with Gasteiger partial charge >= 0.3 is 0 Å². The summed E-state index contributed by atoms with van der Waals surface area (Å²) in [5, 5.41) is 4.19. The molecule has 34 heavy (non-hydrogen) atoms. The van der Waals surface area contributed by atoms with Crippen molar-refractivity contribution in [2.24, 2.45) is 5.92 Å². The first-order valence-electron chi connectivity index (χ1n) is 12.0. The van der Waals surface area contributed by atoms with E-state index >= 15 is 0 Å². The van der Waals surface area contributed by atoms with Crippen molar-refractivity contribution >= 4 is 22.2 Å². The first kappa shape index (κ1) is 24.3. The van der Waals surface area contributed by atoms with Crippen molar-refractivity contribution in [3.63, 3.8) is 0 Å². The molecule has 0 saturated carbocycles. The number of amides is 1. The predicted molar refractivity (Wildman–Crippen MR) is 139 cm³/mol. The maximum Gasteiger partial charge on any atom is 0.256 e. The van der Waals surface area contributed by atoms with Crippen LogP contribution in [0.1, 0.15) is 57.7 Å². The molecule has 1 aromatic heterocycles. The zero-order chi connectivity index (χ0) is 24.2. The molecule has 6 heteroatoms. The second kappa shape index (κ2) is 10.6. The summed E-state index contributed by atoms with van der Waals surface area (Å²) < 4.78 is 11.2. The number of methoxy groups -OCH3 is 2. The normalized spacial score (nSPS) is 18.9. The molecule has 0 unspecified atom stereocenters. The molecule has 1 fully saturated rings. The van der Waals surface area contributed by atoms with E-state index in [4.69, 9.17) is 9.47 Å². The van der Waals surface area contributed by atoms with Crippen molar-refractivity contribution < 1.29 is 19.2 Å². The van der Waals surface area contributed by atoms with E-state index < -0.39 is 0 Å². The van der Waals surface area contributed by atoms with Gasteiger partial charge in [0.05, 0.1) is 32.9 Å². The molecule has 1 aliphatic rings. The fraction of sp³-hybridized carbons (Fsp3) is 0.393. The minimum atomic E-state index is -0.0728. The molecule has 2 N–H and O–H groups in total. The Morgan fingerprint density at radius 2 is 1.71 bits per heavy atom. The summed E-state index contributed by atoms with van der Waals surface area (Å²) in [7, 11) is 3.34. The monoisotopic (exact) mass is 479 g/mol. The number of thiophene rings is 1. The molecule has 0 radical (unpaired) electrons. The van der Waals surface area contributed by atoms with Gasteiger partial charge in [0, 0.05) is 16.0 Å². The molecule has 2 heterocycles. The molecule has 0 bridgehead atoms. The van der Waals surface area contributed by atoms with Gasteiger partial charge in [-0.1, -0.05) is 25.1 Å². The van der Waals surface area contributed by atoms with Crippen molar-refractivity contribution in [3.8, 4) is 11.5 Å². The summed E-state index contributed by atoms with van der Waals surface area (Å²) in [6.45, 7) is 8.86. The van der Waals surface area contributed by atoms with Gasteiger partial charge in [0.25, 0.3) is 5.91 Å². The molecule has 180 valence electrons. The largest absolute Gasteiger partial charge is 0.493 e. The summed E-state index contributed by atoms with van der Waals surface area (Å²) in [6, 6.07) is 15.8. The maximum atomic E-state index is 13.1. The van der Waals surface area contributed by atoms with Crippen LogP contribution >= 0.6 is 11.3 Å². The molecule has 1 amide bonds. The third-order valence-corrected chi connectivity index (χ3v) is 8.19. The Morgan fingerprint density at radius 3 is 2.35 bits per heavy atom. The van der Waals surface area contributed by atoms with Gasteiger partial charge in [0.1, 0.15) is 11.0 Å². The first-order valence-corrected chi connectivity index (χ1v) is 12.8. The third-order valence-electron chi connectivity index (χ3n) is 7.05. The van der Waals surface area contributed by atoms with E-state index in [1.165, 1.54) is 39.3 Å². The smallest absolute Gasteiger partial charge is 0.256 e. The summed E-state index contributed by atoms with van der Waals surface area (Å²) >= 11 is 1.67. The standard InChI is InChI=1S/C28H34N2O3S/c1-18-13-15-30(16-14-18)26(22-11-12-23(32-4)24(17-22)33-5)25-19(2)20(3)34-28(25)29-27(31)21-9-7-6-8-10-21/h6-12,17-18,26H,13-16H2,1-5H3,(H,29,31)/p+1/t26-/m0/s1. The molecule has 3 aromatic rings. The van der Waals surface area contributed by atoms with Gasteiger partial charge in [-0.3, -0.25) is 4.79 Å². The molecule has 5 nitrogen and oxygen atoms in total.